The minimum absolute atomic E-state index is 0.173. The molecule has 1 saturated heterocycles. The number of nitrogen functional groups attached to an aromatic ring is 1. The van der Waals surface area contributed by atoms with Crippen molar-refractivity contribution >= 4 is 11.8 Å². The van der Waals surface area contributed by atoms with Crippen molar-refractivity contribution in [2.24, 2.45) is 0 Å². The average molecular weight is 239 g/mol. The van der Waals surface area contributed by atoms with Crippen LogP contribution < -0.4 is 10.7 Å². The van der Waals surface area contributed by atoms with Crippen LogP contribution in [0.5, 0.6) is 0 Å². The number of hydrogen-bond acceptors (Lipinski definition) is 6. The minimum Gasteiger partial charge on any atom is -0.464 e. The molecule has 0 amide bonds. The third kappa shape index (κ3) is 2.19. The van der Waals surface area contributed by atoms with E-state index in [0.717, 1.165) is 26.2 Å². The van der Waals surface area contributed by atoms with Crippen LogP contribution in [0.1, 0.15) is 10.5 Å². The van der Waals surface area contributed by atoms with Gasteiger partial charge in [0.25, 0.3) is 0 Å². The number of likely N-dealkylation sites (N-methyl/N-ethyl adjacent to an activating group) is 1. The zero-order valence-electron chi connectivity index (χ0n) is 10.1. The molecule has 17 heavy (non-hydrogen) atoms. The van der Waals surface area contributed by atoms with E-state index in [-0.39, 0.29) is 5.69 Å². The summed E-state index contributed by atoms with van der Waals surface area (Å²) in [6.07, 6.45) is 1.56. The van der Waals surface area contributed by atoms with Gasteiger partial charge in [-0.1, -0.05) is 0 Å². The van der Waals surface area contributed by atoms with Gasteiger partial charge in [-0.05, 0) is 7.05 Å². The van der Waals surface area contributed by atoms with Gasteiger partial charge in [0.15, 0.2) is 11.5 Å². The molecule has 7 heteroatoms. The van der Waals surface area contributed by atoms with E-state index in [1.807, 2.05) is 0 Å². The fourth-order valence-electron chi connectivity index (χ4n) is 1.84. The molecule has 0 spiro atoms. The lowest BCUT2D eigenvalue weighted by molar-refractivity contribution is 0.0596. The van der Waals surface area contributed by atoms with Gasteiger partial charge < -0.3 is 20.4 Å². The number of imidazole rings is 1. The first-order valence-corrected chi connectivity index (χ1v) is 5.48. The number of nitrogens with zero attached hydrogens (tertiary/aromatic N) is 4. The Balaban J connectivity index is 2.17. The van der Waals surface area contributed by atoms with Crippen LogP contribution in [-0.4, -0.2) is 60.9 Å². The fraction of sp³-hybridized carbons (Fsp3) is 0.600. The molecule has 2 heterocycles. The largest absolute Gasteiger partial charge is 0.464 e. The van der Waals surface area contributed by atoms with Crippen molar-refractivity contribution in [1.82, 2.24) is 14.6 Å². The van der Waals surface area contributed by atoms with Crippen LogP contribution in [0.4, 0.5) is 5.82 Å². The number of methoxy groups -OCH3 is 1. The monoisotopic (exact) mass is 239 g/mol. The normalized spacial score (nSPS) is 17.2. The number of carbonyl (C=O) groups is 1. The maximum atomic E-state index is 11.4. The third-order valence-electron chi connectivity index (χ3n) is 2.95. The molecular formula is C10H17N5O2. The Morgan fingerprint density at radius 3 is 2.65 bits per heavy atom. The number of anilines is 1. The number of hydrogen-bond donors (Lipinski definition) is 1. The second kappa shape index (κ2) is 4.62. The second-order valence-corrected chi connectivity index (χ2v) is 4.07. The van der Waals surface area contributed by atoms with Crippen LogP contribution in [0.2, 0.25) is 0 Å². The number of piperazine rings is 1. The molecule has 0 aromatic carbocycles. The van der Waals surface area contributed by atoms with Crippen molar-refractivity contribution in [1.29, 1.82) is 0 Å². The van der Waals surface area contributed by atoms with Crippen LogP contribution in [0, 0.1) is 0 Å². The molecule has 0 unspecified atom stereocenters. The lowest BCUT2D eigenvalue weighted by Gasteiger charge is -2.34. The zero-order valence-corrected chi connectivity index (χ0v) is 10.1. The maximum absolute atomic E-state index is 11.4. The third-order valence-corrected chi connectivity index (χ3v) is 2.95. The molecule has 0 radical (unpaired) electrons. The van der Waals surface area contributed by atoms with Gasteiger partial charge in [0, 0.05) is 26.2 Å². The van der Waals surface area contributed by atoms with Gasteiger partial charge >= 0.3 is 5.97 Å². The standard InChI is InChI=1S/C10H17N5O2/c1-13-3-5-14(6-4-13)15-7-12-8(9(15)11)10(16)17-2/h7H,3-6,11H2,1-2H3. The highest BCUT2D eigenvalue weighted by atomic mass is 16.5. The molecule has 0 aliphatic carbocycles. The molecule has 2 N–H and O–H groups in total. The summed E-state index contributed by atoms with van der Waals surface area (Å²) >= 11 is 0. The Labute approximate surface area is 99.7 Å². The number of ether oxygens (including phenoxy) is 1. The van der Waals surface area contributed by atoms with Gasteiger partial charge in [-0.15, -0.1) is 0 Å². The Kier molecular flexibility index (Phi) is 3.19. The Morgan fingerprint density at radius 1 is 1.41 bits per heavy atom. The lowest BCUT2D eigenvalue weighted by atomic mass is 10.4. The average Bonchev–Trinajstić information content (AvgIpc) is 2.71. The minimum atomic E-state index is -0.504. The number of rotatable bonds is 2. The Bertz CT molecular complexity index is 409. The van der Waals surface area contributed by atoms with E-state index < -0.39 is 5.97 Å². The van der Waals surface area contributed by atoms with E-state index in [9.17, 15) is 4.79 Å². The van der Waals surface area contributed by atoms with Crippen molar-refractivity contribution in [3.8, 4) is 0 Å². The summed E-state index contributed by atoms with van der Waals surface area (Å²) in [7, 11) is 3.39. The predicted molar refractivity (Wildman–Crippen MR) is 63.4 cm³/mol. The van der Waals surface area contributed by atoms with E-state index >= 15 is 0 Å². The molecular weight excluding hydrogens is 222 g/mol. The van der Waals surface area contributed by atoms with Crippen molar-refractivity contribution < 1.29 is 9.53 Å². The molecule has 94 valence electrons. The molecule has 0 bridgehead atoms. The summed E-state index contributed by atoms with van der Waals surface area (Å²) < 4.78 is 6.33. The first-order valence-electron chi connectivity index (χ1n) is 5.48. The highest BCUT2D eigenvalue weighted by Crippen LogP contribution is 2.12. The molecule has 7 nitrogen and oxygen atoms in total. The first-order chi connectivity index (χ1) is 8.13. The number of carbonyl (C=O) groups excluding carboxylic acids is 1. The van der Waals surface area contributed by atoms with Crippen molar-refractivity contribution in [2.75, 3.05) is 51.1 Å². The summed E-state index contributed by atoms with van der Waals surface area (Å²) in [5.41, 5.74) is 6.06. The second-order valence-electron chi connectivity index (χ2n) is 4.07. The van der Waals surface area contributed by atoms with E-state index in [1.54, 1.807) is 11.0 Å². The van der Waals surface area contributed by atoms with E-state index in [1.165, 1.54) is 7.11 Å². The van der Waals surface area contributed by atoms with Gasteiger partial charge in [0.2, 0.25) is 0 Å². The van der Waals surface area contributed by atoms with Crippen LogP contribution in [0.25, 0.3) is 0 Å². The summed E-state index contributed by atoms with van der Waals surface area (Å²) in [6, 6.07) is 0. The summed E-state index contributed by atoms with van der Waals surface area (Å²) in [6.45, 7) is 3.64. The molecule has 1 aromatic rings. The van der Waals surface area contributed by atoms with Gasteiger partial charge in [-0.3, -0.25) is 0 Å². The zero-order chi connectivity index (χ0) is 12.4. The first kappa shape index (κ1) is 11.7. The number of aromatic nitrogens is 2. The SMILES string of the molecule is COC(=O)c1ncn(N2CCN(C)CC2)c1N. The summed E-state index contributed by atoms with van der Waals surface area (Å²) in [5, 5.41) is 2.06. The Hall–Kier alpha value is -1.76. The molecule has 0 atom stereocenters. The summed E-state index contributed by atoms with van der Waals surface area (Å²) in [5.74, 6) is -0.170. The molecule has 2 rings (SSSR count). The molecule has 1 fully saturated rings. The number of nitrogens with two attached hydrogens (primary N) is 1. The van der Waals surface area contributed by atoms with Gasteiger partial charge in [0.1, 0.15) is 6.33 Å². The molecule has 1 aromatic heterocycles. The van der Waals surface area contributed by atoms with E-state index in [4.69, 9.17) is 5.73 Å². The highest BCUT2D eigenvalue weighted by Gasteiger charge is 2.21. The lowest BCUT2D eigenvalue weighted by Crippen LogP contribution is -2.49. The summed E-state index contributed by atoms with van der Waals surface area (Å²) in [4.78, 5) is 17.6. The Morgan fingerprint density at radius 2 is 2.06 bits per heavy atom. The van der Waals surface area contributed by atoms with E-state index in [2.05, 4.69) is 26.7 Å². The maximum Gasteiger partial charge on any atom is 0.360 e. The van der Waals surface area contributed by atoms with Gasteiger partial charge in [0.05, 0.1) is 7.11 Å². The molecule has 0 saturated carbocycles. The van der Waals surface area contributed by atoms with Crippen molar-refractivity contribution in [3.05, 3.63) is 12.0 Å². The highest BCUT2D eigenvalue weighted by molar-refractivity contribution is 5.92. The van der Waals surface area contributed by atoms with Crippen molar-refractivity contribution in [3.63, 3.8) is 0 Å². The van der Waals surface area contributed by atoms with Crippen LogP contribution in [0.15, 0.2) is 6.33 Å². The van der Waals surface area contributed by atoms with Crippen LogP contribution >= 0.6 is 0 Å². The predicted octanol–water partition coefficient (Wildman–Crippen LogP) is -0.865. The quantitative estimate of drug-likeness (QED) is 0.676. The van der Waals surface area contributed by atoms with Crippen LogP contribution in [-0.2, 0) is 4.74 Å². The fourth-order valence-corrected chi connectivity index (χ4v) is 1.84. The van der Waals surface area contributed by atoms with E-state index in [0.29, 0.717) is 5.82 Å². The van der Waals surface area contributed by atoms with Gasteiger partial charge in [-0.25, -0.2) is 14.5 Å². The smallest absolute Gasteiger partial charge is 0.360 e. The van der Waals surface area contributed by atoms with Crippen molar-refractivity contribution in [2.45, 2.75) is 0 Å². The van der Waals surface area contributed by atoms with Crippen LogP contribution in [0.3, 0.4) is 0 Å². The molecule has 1 aliphatic rings. The molecule has 1 aliphatic heterocycles. The number of esters is 1. The van der Waals surface area contributed by atoms with Gasteiger partial charge in [-0.2, -0.15) is 0 Å². The topological polar surface area (TPSA) is 76.6 Å².